The van der Waals surface area contributed by atoms with Crippen molar-refractivity contribution in [2.75, 3.05) is 13.2 Å². The van der Waals surface area contributed by atoms with E-state index in [9.17, 15) is 22.8 Å². The van der Waals surface area contributed by atoms with Gasteiger partial charge in [-0.2, -0.15) is 13.2 Å². The molecule has 2 fully saturated rings. The van der Waals surface area contributed by atoms with E-state index in [2.05, 4.69) is 5.32 Å². The van der Waals surface area contributed by atoms with Crippen molar-refractivity contribution >= 4 is 23.4 Å². The Bertz CT molecular complexity index is 890. The summed E-state index contributed by atoms with van der Waals surface area (Å²) < 4.78 is 51.8. The Kier molecular flexibility index (Phi) is 6.33. The Balaban J connectivity index is 1.61. The molecule has 2 amide bonds. The second kappa shape index (κ2) is 8.74. The molecule has 3 aliphatic rings. The smallest absolute Gasteiger partial charge is 0.471 e. The van der Waals surface area contributed by atoms with Gasteiger partial charge in [0.25, 0.3) is 0 Å². The molecule has 3 atom stereocenters. The Morgan fingerprint density at radius 2 is 1.94 bits per heavy atom. The molecule has 176 valence electrons. The van der Waals surface area contributed by atoms with Crippen molar-refractivity contribution in [2.24, 2.45) is 5.41 Å². The van der Waals surface area contributed by atoms with E-state index >= 15 is 0 Å². The van der Waals surface area contributed by atoms with E-state index in [1.807, 2.05) is 0 Å². The van der Waals surface area contributed by atoms with Crippen LogP contribution in [0.4, 0.5) is 13.2 Å². The number of amides is 2. The van der Waals surface area contributed by atoms with Crippen LogP contribution in [0.1, 0.15) is 44.6 Å². The van der Waals surface area contributed by atoms with Gasteiger partial charge in [-0.1, -0.05) is 11.6 Å². The molecule has 1 saturated carbocycles. The number of fused-ring (bicyclic) bond motifs is 1. The third-order valence-corrected chi connectivity index (χ3v) is 7.21. The quantitative estimate of drug-likeness (QED) is 0.707. The minimum absolute atomic E-state index is 0.113. The fraction of sp³-hybridized carbons (Fsp3) is 0.636. The Hall–Kier alpha value is -2.00. The van der Waals surface area contributed by atoms with Crippen molar-refractivity contribution in [3.05, 3.63) is 28.8 Å². The second-order valence-corrected chi connectivity index (χ2v) is 9.24. The van der Waals surface area contributed by atoms with Gasteiger partial charge in [-0.3, -0.25) is 9.59 Å². The molecule has 0 radical (unpaired) electrons. The van der Waals surface area contributed by atoms with Gasteiger partial charge in [0, 0.05) is 42.4 Å². The van der Waals surface area contributed by atoms with Gasteiger partial charge < -0.3 is 19.7 Å². The number of carbonyl (C=O) groups is 2. The summed E-state index contributed by atoms with van der Waals surface area (Å²) in [7, 11) is 0. The zero-order valence-corrected chi connectivity index (χ0v) is 18.5. The van der Waals surface area contributed by atoms with Crippen LogP contribution in [0.5, 0.6) is 5.75 Å². The molecule has 1 saturated heterocycles. The molecule has 1 aromatic rings. The summed E-state index contributed by atoms with van der Waals surface area (Å²) in [6.45, 7) is 2.59. The highest BCUT2D eigenvalue weighted by Gasteiger charge is 2.56. The van der Waals surface area contributed by atoms with Crippen molar-refractivity contribution in [3.8, 4) is 5.75 Å². The van der Waals surface area contributed by atoms with Gasteiger partial charge in [0.1, 0.15) is 11.9 Å². The van der Waals surface area contributed by atoms with Crippen LogP contribution < -0.4 is 10.1 Å². The average Bonchev–Trinajstić information content (AvgIpc) is 3.19. The maximum atomic E-state index is 13.5. The predicted molar refractivity (Wildman–Crippen MR) is 110 cm³/mol. The fourth-order valence-corrected chi connectivity index (χ4v) is 5.44. The van der Waals surface area contributed by atoms with Crippen molar-refractivity contribution in [2.45, 2.75) is 69.9 Å². The van der Waals surface area contributed by atoms with E-state index in [4.69, 9.17) is 21.1 Å². The highest BCUT2D eigenvalue weighted by atomic mass is 35.5. The molecule has 0 bridgehead atoms. The van der Waals surface area contributed by atoms with E-state index < -0.39 is 35.7 Å². The van der Waals surface area contributed by atoms with Gasteiger partial charge in [0.05, 0.1) is 5.41 Å². The van der Waals surface area contributed by atoms with Crippen molar-refractivity contribution in [1.29, 1.82) is 0 Å². The number of rotatable bonds is 2. The number of nitrogens with one attached hydrogen (secondary N) is 1. The monoisotopic (exact) mass is 474 g/mol. The molecule has 1 spiro atoms. The number of ether oxygens (including phenoxy) is 2. The van der Waals surface area contributed by atoms with Gasteiger partial charge in [0.15, 0.2) is 0 Å². The molecule has 1 aromatic carbocycles. The number of alkyl halides is 3. The molecule has 1 N–H and O–H groups in total. The number of benzene rings is 1. The summed E-state index contributed by atoms with van der Waals surface area (Å²) in [5.74, 6) is -1.53. The van der Waals surface area contributed by atoms with Crippen molar-refractivity contribution in [1.82, 2.24) is 10.2 Å². The zero-order chi connectivity index (χ0) is 23.1. The molecule has 6 nitrogen and oxygen atoms in total. The van der Waals surface area contributed by atoms with Crippen LogP contribution in [0.25, 0.3) is 0 Å². The summed E-state index contributed by atoms with van der Waals surface area (Å²) in [6, 6.07) is 3.87. The highest BCUT2D eigenvalue weighted by molar-refractivity contribution is 6.30. The molecular formula is C22H26ClF3N2O4. The topological polar surface area (TPSA) is 67.9 Å². The highest BCUT2D eigenvalue weighted by Crippen LogP contribution is 2.47. The van der Waals surface area contributed by atoms with Crippen LogP contribution in [-0.4, -0.2) is 54.3 Å². The number of halogens is 4. The normalized spacial score (nSPS) is 29.0. The molecule has 4 rings (SSSR count). The third-order valence-electron chi connectivity index (χ3n) is 6.97. The first-order chi connectivity index (χ1) is 15.1. The first-order valence-corrected chi connectivity index (χ1v) is 11.2. The maximum Gasteiger partial charge on any atom is 0.471 e. The summed E-state index contributed by atoms with van der Waals surface area (Å²) in [5, 5.41) is 3.42. The summed E-state index contributed by atoms with van der Waals surface area (Å²) >= 11 is 6.05. The predicted octanol–water partition coefficient (Wildman–Crippen LogP) is 3.85. The summed E-state index contributed by atoms with van der Waals surface area (Å²) in [6.07, 6.45) is -4.13. The van der Waals surface area contributed by atoms with Crippen LogP contribution in [0, 0.1) is 5.41 Å². The van der Waals surface area contributed by atoms with Crippen LogP contribution in [-0.2, 0) is 20.9 Å². The van der Waals surface area contributed by atoms with Gasteiger partial charge in [0.2, 0.25) is 5.91 Å². The number of hydrogen-bond acceptors (Lipinski definition) is 4. The van der Waals surface area contributed by atoms with E-state index in [-0.39, 0.29) is 18.9 Å². The molecule has 0 aromatic heterocycles. The van der Waals surface area contributed by atoms with Gasteiger partial charge in [-0.05, 0) is 57.2 Å². The second-order valence-electron chi connectivity index (χ2n) is 8.80. The van der Waals surface area contributed by atoms with Gasteiger partial charge in [-0.15, -0.1) is 0 Å². The first-order valence-electron chi connectivity index (χ1n) is 10.8. The standard InChI is InChI=1S/C22H26ClF3N2O4/c1-13-21(19(29)27-12-14-10-15(23)2-3-18(14)32-13)7-4-17(11-21)28(20(30)22(24,25)26)16-5-8-31-9-6-16/h2-3,10,13,16-17H,4-9,11-12H2,1H3,(H,27,29)/t13?,17-,21+/m1/s1. The summed E-state index contributed by atoms with van der Waals surface area (Å²) in [4.78, 5) is 26.6. The minimum atomic E-state index is -4.97. The molecule has 1 unspecified atom stereocenters. The SMILES string of the molecule is CC1Oc2ccc(Cl)cc2CNC(=O)[C@]12CC[C@@H](N(C(=O)C(F)(F)F)C1CCOCC1)C2. The van der Waals surface area contributed by atoms with Gasteiger partial charge >= 0.3 is 12.1 Å². The third kappa shape index (κ3) is 4.29. The molecule has 2 heterocycles. The lowest BCUT2D eigenvalue weighted by Crippen LogP contribution is -2.55. The molecule has 32 heavy (non-hydrogen) atoms. The Labute approximate surface area is 189 Å². The van der Waals surface area contributed by atoms with E-state index in [1.54, 1.807) is 25.1 Å². The Morgan fingerprint density at radius 1 is 1.22 bits per heavy atom. The van der Waals surface area contributed by atoms with Crippen molar-refractivity contribution < 1.29 is 32.2 Å². The van der Waals surface area contributed by atoms with Gasteiger partial charge in [-0.25, -0.2) is 0 Å². The molecule has 10 heteroatoms. The van der Waals surface area contributed by atoms with Crippen molar-refractivity contribution in [3.63, 3.8) is 0 Å². The molecule has 2 aliphatic heterocycles. The first kappa shape index (κ1) is 23.2. The lowest BCUT2D eigenvalue weighted by Gasteiger charge is -2.41. The van der Waals surface area contributed by atoms with E-state index in [0.717, 1.165) is 10.5 Å². The molecule has 1 aliphatic carbocycles. The minimum Gasteiger partial charge on any atom is -0.489 e. The lowest BCUT2D eigenvalue weighted by atomic mass is 9.79. The number of carbonyl (C=O) groups excluding carboxylic acids is 2. The molecular weight excluding hydrogens is 449 g/mol. The average molecular weight is 475 g/mol. The van der Waals surface area contributed by atoms with Crippen LogP contribution >= 0.6 is 11.6 Å². The van der Waals surface area contributed by atoms with E-state index in [0.29, 0.717) is 49.7 Å². The largest absolute Gasteiger partial charge is 0.489 e. The lowest BCUT2D eigenvalue weighted by molar-refractivity contribution is -0.192. The van der Waals surface area contributed by atoms with Crippen LogP contribution in [0.3, 0.4) is 0 Å². The van der Waals surface area contributed by atoms with E-state index in [1.165, 1.54) is 0 Å². The maximum absolute atomic E-state index is 13.5. The van der Waals surface area contributed by atoms with Crippen LogP contribution in [0.15, 0.2) is 18.2 Å². The summed E-state index contributed by atoms with van der Waals surface area (Å²) in [5.41, 5.74) is -0.296. The van der Waals surface area contributed by atoms with Crippen LogP contribution in [0.2, 0.25) is 5.02 Å². The fourth-order valence-electron chi connectivity index (χ4n) is 5.24. The zero-order valence-electron chi connectivity index (χ0n) is 17.7. The number of nitrogens with zero attached hydrogens (tertiary/aromatic N) is 1. The Morgan fingerprint density at radius 3 is 2.62 bits per heavy atom. The number of hydrogen-bond donors (Lipinski definition) is 1.